The van der Waals surface area contributed by atoms with Crippen molar-refractivity contribution in [3.05, 3.63) is 21.1 Å². The standard InChI is InChI=1S/C12H16N4O4S/c1-2-9(17)13-12-15(8-11(21-12)16(19)20)7-10(18)14-5-3-4-6-14/h8H,2-7H2,1H3. The van der Waals surface area contributed by atoms with Gasteiger partial charge in [0.05, 0.1) is 11.1 Å². The lowest BCUT2D eigenvalue weighted by atomic mass is 10.4. The van der Waals surface area contributed by atoms with Crippen LogP contribution in [0.15, 0.2) is 11.2 Å². The Balaban J connectivity index is 2.28. The Bertz CT molecular complexity index is 627. The molecule has 9 heteroatoms. The number of nitro groups is 1. The van der Waals surface area contributed by atoms with Crippen molar-refractivity contribution < 1.29 is 14.5 Å². The highest BCUT2D eigenvalue weighted by Gasteiger charge is 2.20. The van der Waals surface area contributed by atoms with Crippen molar-refractivity contribution in [3.63, 3.8) is 0 Å². The lowest BCUT2D eigenvalue weighted by molar-refractivity contribution is -0.380. The van der Waals surface area contributed by atoms with Gasteiger partial charge in [-0.05, 0) is 24.2 Å². The number of thiazole rings is 1. The summed E-state index contributed by atoms with van der Waals surface area (Å²) < 4.78 is 1.39. The summed E-state index contributed by atoms with van der Waals surface area (Å²) in [4.78, 5) is 39.6. The number of rotatable bonds is 4. The molecule has 0 aliphatic carbocycles. The number of hydrogen-bond acceptors (Lipinski definition) is 5. The number of carbonyl (C=O) groups is 2. The van der Waals surface area contributed by atoms with E-state index in [1.54, 1.807) is 11.8 Å². The van der Waals surface area contributed by atoms with Gasteiger partial charge in [0.25, 0.3) is 0 Å². The summed E-state index contributed by atoms with van der Waals surface area (Å²) in [6, 6.07) is 0. The number of nitrogens with zero attached hydrogens (tertiary/aromatic N) is 4. The number of amides is 2. The maximum atomic E-state index is 12.1. The minimum absolute atomic E-state index is 0.0276. The third-order valence-electron chi connectivity index (χ3n) is 3.17. The van der Waals surface area contributed by atoms with Gasteiger partial charge in [-0.25, -0.2) is 0 Å². The van der Waals surface area contributed by atoms with E-state index in [2.05, 4.69) is 4.99 Å². The van der Waals surface area contributed by atoms with Crippen LogP contribution in [-0.2, 0) is 16.1 Å². The largest absolute Gasteiger partial charge is 0.343 e. The Morgan fingerprint density at radius 1 is 1.43 bits per heavy atom. The van der Waals surface area contributed by atoms with Crippen LogP contribution >= 0.6 is 11.3 Å². The van der Waals surface area contributed by atoms with Gasteiger partial charge in [0.2, 0.25) is 11.8 Å². The van der Waals surface area contributed by atoms with Crippen molar-refractivity contribution in [2.75, 3.05) is 13.1 Å². The summed E-state index contributed by atoms with van der Waals surface area (Å²) in [6.07, 6.45) is 3.43. The summed E-state index contributed by atoms with van der Waals surface area (Å²) in [5, 5.41) is 10.7. The van der Waals surface area contributed by atoms with Crippen LogP contribution < -0.4 is 4.80 Å². The molecule has 0 unspecified atom stereocenters. The molecule has 0 atom stereocenters. The van der Waals surface area contributed by atoms with Crippen LogP contribution in [0.25, 0.3) is 0 Å². The lowest BCUT2D eigenvalue weighted by Gasteiger charge is -2.15. The van der Waals surface area contributed by atoms with E-state index in [1.807, 2.05) is 0 Å². The van der Waals surface area contributed by atoms with Crippen molar-refractivity contribution in [1.29, 1.82) is 0 Å². The van der Waals surface area contributed by atoms with Crippen LogP contribution in [0.4, 0.5) is 5.00 Å². The van der Waals surface area contributed by atoms with E-state index in [-0.39, 0.29) is 34.6 Å². The van der Waals surface area contributed by atoms with E-state index < -0.39 is 4.92 Å². The van der Waals surface area contributed by atoms with Crippen LogP contribution in [0.5, 0.6) is 0 Å². The number of aromatic nitrogens is 1. The molecule has 0 spiro atoms. The van der Waals surface area contributed by atoms with Crippen LogP contribution in [0.2, 0.25) is 0 Å². The fourth-order valence-corrected chi connectivity index (χ4v) is 2.87. The predicted octanol–water partition coefficient (Wildman–Crippen LogP) is 0.917. The first-order valence-electron chi connectivity index (χ1n) is 6.71. The summed E-state index contributed by atoms with van der Waals surface area (Å²) >= 11 is 0.801. The molecule has 114 valence electrons. The maximum absolute atomic E-state index is 12.1. The summed E-state index contributed by atoms with van der Waals surface area (Å²) in [5.74, 6) is -0.472. The zero-order valence-electron chi connectivity index (χ0n) is 11.7. The fourth-order valence-electron chi connectivity index (χ4n) is 2.05. The van der Waals surface area contributed by atoms with Gasteiger partial charge in [-0.15, -0.1) is 0 Å². The average molecular weight is 312 g/mol. The van der Waals surface area contributed by atoms with E-state index in [0.29, 0.717) is 13.1 Å². The molecule has 0 radical (unpaired) electrons. The first-order chi connectivity index (χ1) is 10.0. The number of likely N-dealkylation sites (tertiary alicyclic amines) is 1. The minimum atomic E-state index is -0.545. The van der Waals surface area contributed by atoms with Crippen molar-refractivity contribution in [2.24, 2.45) is 4.99 Å². The van der Waals surface area contributed by atoms with Crippen LogP contribution in [0, 0.1) is 10.1 Å². The molecular weight excluding hydrogens is 296 g/mol. The Kier molecular flexibility index (Phi) is 4.84. The Morgan fingerprint density at radius 3 is 2.67 bits per heavy atom. The molecule has 21 heavy (non-hydrogen) atoms. The second-order valence-corrected chi connectivity index (χ2v) is 5.67. The minimum Gasteiger partial charge on any atom is -0.341 e. The molecule has 8 nitrogen and oxygen atoms in total. The summed E-state index contributed by atoms with van der Waals surface area (Å²) in [5.41, 5.74) is 0. The van der Waals surface area contributed by atoms with E-state index >= 15 is 0 Å². The fraction of sp³-hybridized carbons (Fsp3) is 0.583. The predicted molar refractivity (Wildman–Crippen MR) is 75.6 cm³/mol. The zero-order chi connectivity index (χ0) is 15.4. The molecule has 1 aromatic heterocycles. The van der Waals surface area contributed by atoms with Crippen molar-refractivity contribution >= 4 is 28.2 Å². The molecule has 1 fully saturated rings. The van der Waals surface area contributed by atoms with E-state index in [1.165, 1.54) is 10.8 Å². The summed E-state index contributed by atoms with van der Waals surface area (Å²) in [7, 11) is 0. The van der Waals surface area contributed by atoms with Crippen molar-refractivity contribution in [2.45, 2.75) is 32.7 Å². The molecule has 1 saturated heterocycles. The Morgan fingerprint density at radius 2 is 2.10 bits per heavy atom. The molecule has 1 aliphatic heterocycles. The molecule has 0 saturated carbocycles. The normalized spacial score (nSPS) is 15.5. The highest BCUT2D eigenvalue weighted by molar-refractivity contribution is 7.12. The Labute approximate surface area is 124 Å². The second kappa shape index (κ2) is 6.61. The number of hydrogen-bond donors (Lipinski definition) is 0. The molecule has 2 rings (SSSR count). The molecule has 1 aromatic rings. The van der Waals surface area contributed by atoms with Crippen molar-refractivity contribution in [1.82, 2.24) is 9.47 Å². The molecule has 0 bridgehead atoms. The first kappa shape index (κ1) is 15.4. The molecule has 0 aromatic carbocycles. The van der Waals surface area contributed by atoms with E-state index in [9.17, 15) is 19.7 Å². The van der Waals surface area contributed by atoms with Gasteiger partial charge in [-0.1, -0.05) is 6.92 Å². The van der Waals surface area contributed by atoms with Gasteiger partial charge in [0, 0.05) is 19.5 Å². The smallest absolute Gasteiger partial charge is 0.341 e. The Hall–Kier alpha value is -2.03. The summed E-state index contributed by atoms with van der Waals surface area (Å²) in [6.45, 7) is 3.06. The number of carbonyl (C=O) groups excluding carboxylic acids is 2. The maximum Gasteiger partial charge on any atom is 0.343 e. The van der Waals surface area contributed by atoms with Gasteiger partial charge < -0.3 is 9.47 Å². The van der Waals surface area contributed by atoms with Gasteiger partial charge >= 0.3 is 5.00 Å². The highest BCUT2D eigenvalue weighted by Crippen LogP contribution is 2.15. The average Bonchev–Trinajstić information content (AvgIpc) is 3.09. The van der Waals surface area contributed by atoms with E-state index in [0.717, 1.165) is 24.2 Å². The lowest BCUT2D eigenvalue weighted by Crippen LogP contribution is -2.33. The van der Waals surface area contributed by atoms with Crippen LogP contribution in [0.3, 0.4) is 0 Å². The van der Waals surface area contributed by atoms with Crippen LogP contribution in [-0.4, -0.2) is 39.3 Å². The second-order valence-electron chi connectivity index (χ2n) is 4.68. The molecular formula is C12H16N4O4S. The molecule has 2 amide bonds. The monoisotopic (exact) mass is 312 g/mol. The van der Waals surface area contributed by atoms with Gasteiger partial charge in [-0.2, -0.15) is 4.99 Å². The van der Waals surface area contributed by atoms with Crippen LogP contribution in [0.1, 0.15) is 26.2 Å². The molecule has 0 N–H and O–H groups in total. The SMILES string of the molecule is CCC(=O)N=c1sc([N+](=O)[O-])cn1CC(=O)N1CCCC1. The highest BCUT2D eigenvalue weighted by atomic mass is 32.1. The quantitative estimate of drug-likeness (QED) is 0.609. The van der Waals surface area contributed by atoms with Crippen molar-refractivity contribution in [3.8, 4) is 0 Å². The van der Waals surface area contributed by atoms with Gasteiger partial charge in [0.1, 0.15) is 6.54 Å². The van der Waals surface area contributed by atoms with Gasteiger partial charge in [0.15, 0.2) is 4.80 Å². The molecule has 2 heterocycles. The topological polar surface area (TPSA) is 97.8 Å². The zero-order valence-corrected chi connectivity index (χ0v) is 12.5. The van der Waals surface area contributed by atoms with Gasteiger partial charge in [-0.3, -0.25) is 19.7 Å². The third kappa shape index (κ3) is 3.75. The molecule has 1 aliphatic rings. The first-order valence-corrected chi connectivity index (χ1v) is 7.53. The van der Waals surface area contributed by atoms with E-state index in [4.69, 9.17) is 0 Å². The third-order valence-corrected chi connectivity index (χ3v) is 4.15.